The molecule has 6 nitrogen and oxygen atoms in total. The summed E-state index contributed by atoms with van der Waals surface area (Å²) in [5.41, 5.74) is -5.10. The lowest BCUT2D eigenvalue weighted by Crippen LogP contribution is -2.60. The number of alkyl halides is 4. The van der Waals surface area contributed by atoms with Gasteiger partial charge in [0, 0.05) is 17.3 Å². The fourth-order valence-electron chi connectivity index (χ4n) is 3.80. The zero-order valence-corrected chi connectivity index (χ0v) is 19.1. The molecule has 1 amide bonds. The highest BCUT2D eigenvalue weighted by molar-refractivity contribution is 7.91. The SMILES string of the molecule is C[S+]([O-])CC(=O)N1CC(F)(c2ccc(C3=NOC(c4ccc(F)c(Cl)c4)(C(F)(F)F)C3)cn2)C1. The molecule has 4 rings (SSSR count). The molecule has 182 valence electrons. The van der Waals surface area contributed by atoms with Gasteiger partial charge in [-0.05, 0) is 35.4 Å². The van der Waals surface area contributed by atoms with Gasteiger partial charge in [-0.1, -0.05) is 22.8 Å². The van der Waals surface area contributed by atoms with E-state index in [9.17, 15) is 26.9 Å². The average Bonchev–Trinajstić information content (AvgIpc) is 3.20. The summed E-state index contributed by atoms with van der Waals surface area (Å²) >= 11 is 4.32. The number of halogens is 6. The molecule has 1 aromatic carbocycles. The van der Waals surface area contributed by atoms with Crippen molar-refractivity contribution >= 4 is 34.4 Å². The number of rotatable bonds is 5. The van der Waals surface area contributed by atoms with Gasteiger partial charge in [-0.25, -0.2) is 8.78 Å². The van der Waals surface area contributed by atoms with Crippen molar-refractivity contribution in [3.8, 4) is 0 Å². The van der Waals surface area contributed by atoms with Gasteiger partial charge in [0.25, 0.3) is 11.5 Å². The number of amides is 1. The van der Waals surface area contributed by atoms with Crippen LogP contribution in [0.25, 0.3) is 0 Å². The van der Waals surface area contributed by atoms with Crippen molar-refractivity contribution in [1.29, 1.82) is 0 Å². The normalized spacial score (nSPS) is 22.6. The number of aromatic nitrogens is 1. The molecule has 0 aliphatic carbocycles. The molecule has 0 saturated carbocycles. The van der Waals surface area contributed by atoms with Crippen LogP contribution in [0.5, 0.6) is 0 Å². The number of likely N-dealkylation sites (tertiary alicyclic amines) is 1. The van der Waals surface area contributed by atoms with E-state index in [-0.39, 0.29) is 35.8 Å². The van der Waals surface area contributed by atoms with Crippen molar-refractivity contribution in [1.82, 2.24) is 9.88 Å². The number of hydrogen-bond acceptors (Lipinski definition) is 5. The minimum Gasteiger partial charge on any atom is -0.616 e. The molecule has 3 heterocycles. The molecule has 1 aromatic heterocycles. The molecule has 2 aliphatic heterocycles. The highest BCUT2D eigenvalue weighted by Crippen LogP contribution is 2.49. The standard InChI is InChI=1S/C21H17ClF5N3O3S/c1-34(32)9-18(31)30-10-19(24,11-30)17-5-2-12(8-28-17)16-7-20(33-29-16,21(25,26)27)13-3-4-15(23)14(22)6-13/h2-6,8H,7,9-11H2,1H3. The third-order valence-electron chi connectivity index (χ3n) is 5.69. The van der Waals surface area contributed by atoms with E-state index < -0.39 is 57.4 Å². The first-order chi connectivity index (χ1) is 15.8. The number of oxime groups is 1. The molecular weight excluding hydrogens is 505 g/mol. The third-order valence-corrected chi connectivity index (χ3v) is 6.63. The predicted octanol–water partition coefficient (Wildman–Crippen LogP) is 3.84. The minimum absolute atomic E-state index is 0.00448. The monoisotopic (exact) mass is 521 g/mol. The van der Waals surface area contributed by atoms with E-state index in [1.807, 2.05) is 0 Å². The number of nitrogens with zero attached hydrogens (tertiary/aromatic N) is 3. The van der Waals surface area contributed by atoms with Crippen molar-refractivity contribution in [3.63, 3.8) is 0 Å². The van der Waals surface area contributed by atoms with E-state index >= 15 is 4.39 Å². The molecule has 0 radical (unpaired) electrons. The van der Waals surface area contributed by atoms with Crippen molar-refractivity contribution in [2.24, 2.45) is 5.16 Å². The van der Waals surface area contributed by atoms with Crippen molar-refractivity contribution in [3.05, 3.63) is 64.2 Å². The number of hydrogen-bond donors (Lipinski definition) is 0. The summed E-state index contributed by atoms with van der Waals surface area (Å²) in [7, 11) is 0. The lowest BCUT2D eigenvalue weighted by Gasteiger charge is -2.43. The highest BCUT2D eigenvalue weighted by atomic mass is 35.5. The van der Waals surface area contributed by atoms with Gasteiger partial charge in [0.1, 0.15) is 5.82 Å². The van der Waals surface area contributed by atoms with Gasteiger partial charge >= 0.3 is 6.18 Å². The molecule has 2 unspecified atom stereocenters. The zero-order valence-electron chi connectivity index (χ0n) is 17.5. The Morgan fingerprint density at radius 1 is 1.29 bits per heavy atom. The van der Waals surface area contributed by atoms with Crippen LogP contribution >= 0.6 is 11.6 Å². The maximum Gasteiger partial charge on any atom is 0.435 e. The summed E-state index contributed by atoms with van der Waals surface area (Å²) in [5.74, 6) is -1.52. The van der Waals surface area contributed by atoms with Gasteiger partial charge in [0.15, 0.2) is 11.4 Å². The average molecular weight is 522 g/mol. The molecule has 0 spiro atoms. The summed E-state index contributed by atoms with van der Waals surface area (Å²) in [4.78, 5) is 22.0. The molecular formula is C21H17ClF5N3O3S. The number of pyridine rings is 1. The van der Waals surface area contributed by atoms with Crippen LogP contribution in [0.15, 0.2) is 41.7 Å². The number of carbonyl (C=O) groups excluding carboxylic acids is 1. The Morgan fingerprint density at radius 3 is 2.56 bits per heavy atom. The van der Waals surface area contributed by atoms with Gasteiger partial charge in [-0.2, -0.15) is 13.2 Å². The summed E-state index contributed by atoms with van der Waals surface area (Å²) in [6.07, 6.45) is -3.08. The predicted molar refractivity (Wildman–Crippen MR) is 114 cm³/mol. The number of benzene rings is 1. The smallest absolute Gasteiger partial charge is 0.435 e. The second-order valence-electron chi connectivity index (χ2n) is 8.12. The van der Waals surface area contributed by atoms with E-state index in [0.717, 1.165) is 18.2 Å². The topological polar surface area (TPSA) is 77.8 Å². The Labute approximate surface area is 198 Å². The molecule has 2 atom stereocenters. The molecule has 1 saturated heterocycles. The van der Waals surface area contributed by atoms with Crippen LogP contribution in [0.4, 0.5) is 22.0 Å². The zero-order chi connectivity index (χ0) is 24.9. The lowest BCUT2D eigenvalue weighted by atomic mass is 9.86. The summed E-state index contributed by atoms with van der Waals surface area (Å²) in [6.45, 7) is -0.524. The van der Waals surface area contributed by atoms with Crippen LogP contribution in [0.2, 0.25) is 5.02 Å². The molecule has 1 fully saturated rings. The molecule has 0 bridgehead atoms. The first kappa shape index (κ1) is 24.7. The van der Waals surface area contributed by atoms with Crippen molar-refractivity contribution < 1.29 is 36.1 Å². The van der Waals surface area contributed by atoms with Crippen LogP contribution in [0.1, 0.15) is 23.2 Å². The second kappa shape index (κ2) is 8.65. The van der Waals surface area contributed by atoms with Gasteiger partial charge in [-0.3, -0.25) is 9.78 Å². The van der Waals surface area contributed by atoms with Crippen molar-refractivity contribution in [2.75, 3.05) is 25.1 Å². The van der Waals surface area contributed by atoms with E-state index in [1.54, 1.807) is 0 Å². The Bertz CT molecular complexity index is 1140. The maximum atomic E-state index is 15.1. The quantitative estimate of drug-likeness (QED) is 0.442. The van der Waals surface area contributed by atoms with Crippen LogP contribution in [-0.2, 0) is 32.1 Å². The van der Waals surface area contributed by atoms with Gasteiger partial charge in [0.2, 0.25) is 0 Å². The fourth-order valence-corrected chi connectivity index (χ4v) is 4.51. The van der Waals surface area contributed by atoms with Gasteiger partial charge < -0.3 is 14.3 Å². The van der Waals surface area contributed by atoms with Gasteiger partial charge in [0.05, 0.1) is 42.2 Å². The molecule has 2 aliphatic rings. The molecule has 2 aromatic rings. The largest absolute Gasteiger partial charge is 0.616 e. The highest BCUT2D eigenvalue weighted by Gasteiger charge is 2.62. The van der Waals surface area contributed by atoms with Gasteiger partial charge in [-0.15, -0.1) is 0 Å². The summed E-state index contributed by atoms with van der Waals surface area (Å²) < 4.78 is 81.8. The van der Waals surface area contributed by atoms with E-state index in [1.165, 1.54) is 29.5 Å². The van der Waals surface area contributed by atoms with E-state index in [4.69, 9.17) is 16.4 Å². The Kier molecular flexibility index (Phi) is 6.28. The first-order valence-electron chi connectivity index (χ1n) is 9.85. The number of carbonyl (C=O) groups is 1. The summed E-state index contributed by atoms with van der Waals surface area (Å²) in [6, 6.07) is 5.25. The molecule has 34 heavy (non-hydrogen) atoms. The Morgan fingerprint density at radius 2 is 2.00 bits per heavy atom. The third kappa shape index (κ3) is 4.34. The molecule has 0 N–H and O–H groups in total. The van der Waals surface area contributed by atoms with Crippen LogP contribution in [0, 0.1) is 5.82 Å². The van der Waals surface area contributed by atoms with Crippen molar-refractivity contribution in [2.45, 2.75) is 23.9 Å². The maximum absolute atomic E-state index is 15.1. The van der Waals surface area contributed by atoms with Crippen LogP contribution in [0.3, 0.4) is 0 Å². The Hall–Kier alpha value is -2.44. The van der Waals surface area contributed by atoms with E-state index in [2.05, 4.69) is 10.1 Å². The fraction of sp³-hybridized carbons (Fsp3) is 0.381. The van der Waals surface area contributed by atoms with E-state index in [0.29, 0.717) is 0 Å². The van der Waals surface area contributed by atoms with Crippen LogP contribution in [-0.4, -0.2) is 57.3 Å². The second-order valence-corrected chi connectivity index (χ2v) is 9.97. The van der Waals surface area contributed by atoms with Crippen LogP contribution < -0.4 is 0 Å². The first-order valence-corrected chi connectivity index (χ1v) is 12.0. The minimum atomic E-state index is -4.90. The lowest BCUT2D eigenvalue weighted by molar-refractivity contribution is -0.275. The molecule has 13 heteroatoms. The summed E-state index contributed by atoms with van der Waals surface area (Å²) in [5, 5.41) is 3.10. The Balaban J connectivity index is 1.51.